The number of methoxy groups -OCH3 is 4. The van der Waals surface area contributed by atoms with Gasteiger partial charge in [-0.2, -0.15) is 11.8 Å². The van der Waals surface area contributed by atoms with Crippen molar-refractivity contribution >= 4 is 11.8 Å². The standard InChI is InChI=1S/C18H22O6S/c1-21-13-5-11(6-14(22-2)17(13)19)9-25-10-12-7-15(23-3)18(20)16(8-12)24-4/h5-8,19-20H,9-10H2,1-4H3. The van der Waals surface area contributed by atoms with Gasteiger partial charge in [-0.1, -0.05) is 0 Å². The van der Waals surface area contributed by atoms with Gasteiger partial charge in [0.05, 0.1) is 28.4 Å². The van der Waals surface area contributed by atoms with Crippen LogP contribution in [0, 0.1) is 0 Å². The maximum atomic E-state index is 9.95. The molecule has 0 bridgehead atoms. The lowest BCUT2D eigenvalue weighted by Gasteiger charge is -2.12. The molecule has 136 valence electrons. The zero-order chi connectivity index (χ0) is 18.4. The van der Waals surface area contributed by atoms with E-state index in [1.807, 2.05) is 0 Å². The average Bonchev–Trinajstić information content (AvgIpc) is 2.63. The van der Waals surface area contributed by atoms with E-state index in [1.54, 1.807) is 36.0 Å². The van der Waals surface area contributed by atoms with Gasteiger partial charge in [0.25, 0.3) is 0 Å². The van der Waals surface area contributed by atoms with E-state index in [0.29, 0.717) is 34.5 Å². The lowest BCUT2D eigenvalue weighted by Crippen LogP contribution is -1.93. The van der Waals surface area contributed by atoms with E-state index in [0.717, 1.165) is 11.1 Å². The van der Waals surface area contributed by atoms with Gasteiger partial charge in [-0.15, -0.1) is 0 Å². The van der Waals surface area contributed by atoms with Crippen LogP contribution in [0.25, 0.3) is 0 Å². The van der Waals surface area contributed by atoms with Crippen molar-refractivity contribution in [3.63, 3.8) is 0 Å². The molecule has 25 heavy (non-hydrogen) atoms. The molecule has 0 aliphatic heterocycles. The number of phenols is 2. The van der Waals surface area contributed by atoms with Crippen molar-refractivity contribution in [2.24, 2.45) is 0 Å². The number of aromatic hydroxyl groups is 2. The molecule has 0 fully saturated rings. The summed E-state index contributed by atoms with van der Waals surface area (Å²) in [5, 5.41) is 19.9. The molecule has 2 N–H and O–H groups in total. The van der Waals surface area contributed by atoms with Gasteiger partial charge in [0.15, 0.2) is 23.0 Å². The number of hydrogen-bond donors (Lipinski definition) is 2. The number of benzene rings is 2. The highest BCUT2D eigenvalue weighted by Crippen LogP contribution is 2.40. The van der Waals surface area contributed by atoms with E-state index in [9.17, 15) is 10.2 Å². The fourth-order valence-corrected chi connectivity index (χ4v) is 3.26. The molecule has 0 heterocycles. The van der Waals surface area contributed by atoms with Gasteiger partial charge in [0.2, 0.25) is 11.5 Å². The zero-order valence-electron chi connectivity index (χ0n) is 14.7. The van der Waals surface area contributed by atoms with Crippen LogP contribution in [0.1, 0.15) is 11.1 Å². The van der Waals surface area contributed by atoms with E-state index in [-0.39, 0.29) is 11.5 Å². The number of ether oxygens (including phenoxy) is 4. The molecule has 0 atom stereocenters. The molecule has 0 amide bonds. The Balaban J connectivity index is 2.11. The quantitative estimate of drug-likeness (QED) is 0.739. The first-order chi connectivity index (χ1) is 12.0. The molecule has 0 saturated carbocycles. The summed E-state index contributed by atoms with van der Waals surface area (Å²) in [7, 11) is 6.00. The zero-order valence-corrected chi connectivity index (χ0v) is 15.5. The van der Waals surface area contributed by atoms with Crippen molar-refractivity contribution in [2.75, 3.05) is 28.4 Å². The first-order valence-corrected chi connectivity index (χ1v) is 8.65. The molecule has 0 radical (unpaired) electrons. The van der Waals surface area contributed by atoms with Crippen molar-refractivity contribution in [2.45, 2.75) is 11.5 Å². The summed E-state index contributed by atoms with van der Waals surface area (Å²) in [6.45, 7) is 0. The van der Waals surface area contributed by atoms with E-state index in [4.69, 9.17) is 18.9 Å². The number of thioether (sulfide) groups is 1. The topological polar surface area (TPSA) is 77.4 Å². The van der Waals surface area contributed by atoms with Crippen LogP contribution in [0.2, 0.25) is 0 Å². The second-order valence-corrected chi connectivity index (χ2v) is 6.18. The molecule has 0 unspecified atom stereocenters. The van der Waals surface area contributed by atoms with Crippen LogP contribution in [-0.2, 0) is 11.5 Å². The van der Waals surface area contributed by atoms with Gasteiger partial charge in [-0.05, 0) is 35.4 Å². The van der Waals surface area contributed by atoms with Gasteiger partial charge >= 0.3 is 0 Å². The molecule has 0 aliphatic rings. The second kappa shape index (κ2) is 8.62. The predicted molar refractivity (Wildman–Crippen MR) is 97.4 cm³/mol. The smallest absolute Gasteiger partial charge is 0.200 e. The van der Waals surface area contributed by atoms with Crippen LogP contribution in [0.4, 0.5) is 0 Å². The van der Waals surface area contributed by atoms with E-state index < -0.39 is 0 Å². The Morgan fingerprint density at radius 3 is 1.16 bits per heavy atom. The molecule has 7 heteroatoms. The van der Waals surface area contributed by atoms with Gasteiger partial charge < -0.3 is 29.2 Å². The molecule has 2 aromatic rings. The van der Waals surface area contributed by atoms with Crippen molar-refractivity contribution in [1.82, 2.24) is 0 Å². The molecule has 0 aliphatic carbocycles. The van der Waals surface area contributed by atoms with Crippen LogP contribution < -0.4 is 18.9 Å². The first kappa shape index (κ1) is 18.9. The fourth-order valence-electron chi connectivity index (χ4n) is 2.35. The van der Waals surface area contributed by atoms with Gasteiger partial charge in [-0.3, -0.25) is 0 Å². The minimum atomic E-state index is -0.00763. The van der Waals surface area contributed by atoms with Crippen LogP contribution in [-0.4, -0.2) is 38.7 Å². The summed E-state index contributed by atoms with van der Waals surface area (Å²) in [5.41, 5.74) is 1.93. The lowest BCUT2D eigenvalue weighted by molar-refractivity contribution is 0.339. The molecule has 0 aromatic heterocycles. The summed E-state index contributed by atoms with van der Waals surface area (Å²) in [4.78, 5) is 0. The van der Waals surface area contributed by atoms with Crippen LogP contribution in [0.3, 0.4) is 0 Å². The third-order valence-electron chi connectivity index (χ3n) is 3.62. The highest BCUT2D eigenvalue weighted by Gasteiger charge is 2.13. The number of hydrogen-bond acceptors (Lipinski definition) is 7. The Morgan fingerprint density at radius 1 is 0.640 bits per heavy atom. The van der Waals surface area contributed by atoms with Crippen LogP contribution >= 0.6 is 11.8 Å². The summed E-state index contributed by atoms with van der Waals surface area (Å²) < 4.78 is 20.7. The Labute approximate surface area is 151 Å². The van der Waals surface area contributed by atoms with E-state index in [2.05, 4.69) is 0 Å². The van der Waals surface area contributed by atoms with Crippen molar-refractivity contribution in [3.8, 4) is 34.5 Å². The summed E-state index contributed by atoms with van der Waals surface area (Å²) in [6.07, 6.45) is 0. The number of rotatable bonds is 8. The molecule has 0 saturated heterocycles. The van der Waals surface area contributed by atoms with Crippen molar-refractivity contribution in [3.05, 3.63) is 35.4 Å². The minimum absolute atomic E-state index is 0.00763. The number of phenolic OH excluding ortho intramolecular Hbond substituents is 2. The van der Waals surface area contributed by atoms with Gasteiger partial charge in [0, 0.05) is 11.5 Å². The summed E-state index contributed by atoms with van der Waals surface area (Å²) in [5.74, 6) is 2.88. The van der Waals surface area contributed by atoms with Gasteiger partial charge in [0.1, 0.15) is 0 Å². The maximum absolute atomic E-state index is 9.95. The van der Waals surface area contributed by atoms with Crippen LogP contribution in [0.5, 0.6) is 34.5 Å². The summed E-state index contributed by atoms with van der Waals surface area (Å²) in [6, 6.07) is 7.12. The Hall–Kier alpha value is -2.41. The third kappa shape index (κ3) is 4.36. The monoisotopic (exact) mass is 366 g/mol. The van der Waals surface area contributed by atoms with Crippen molar-refractivity contribution < 1.29 is 29.2 Å². The van der Waals surface area contributed by atoms with E-state index in [1.165, 1.54) is 28.4 Å². The average molecular weight is 366 g/mol. The second-order valence-electron chi connectivity index (χ2n) is 5.19. The lowest BCUT2D eigenvalue weighted by atomic mass is 10.2. The van der Waals surface area contributed by atoms with E-state index >= 15 is 0 Å². The minimum Gasteiger partial charge on any atom is -0.502 e. The molecule has 0 spiro atoms. The SMILES string of the molecule is COc1cc(CSCc2cc(OC)c(O)c(OC)c2)cc(OC)c1O. The highest BCUT2D eigenvalue weighted by molar-refractivity contribution is 7.97. The molecular formula is C18H22O6S. The highest BCUT2D eigenvalue weighted by atomic mass is 32.2. The molecule has 2 aromatic carbocycles. The first-order valence-electron chi connectivity index (χ1n) is 7.49. The molecule has 6 nitrogen and oxygen atoms in total. The van der Waals surface area contributed by atoms with Crippen molar-refractivity contribution in [1.29, 1.82) is 0 Å². The summed E-state index contributed by atoms with van der Waals surface area (Å²) >= 11 is 1.66. The largest absolute Gasteiger partial charge is 0.502 e. The Morgan fingerprint density at radius 2 is 0.920 bits per heavy atom. The fraction of sp³-hybridized carbons (Fsp3) is 0.333. The van der Waals surface area contributed by atoms with Gasteiger partial charge in [-0.25, -0.2) is 0 Å². The third-order valence-corrected chi connectivity index (χ3v) is 4.69. The normalized spacial score (nSPS) is 10.4. The molecule has 2 rings (SSSR count). The maximum Gasteiger partial charge on any atom is 0.200 e. The predicted octanol–water partition coefficient (Wildman–Crippen LogP) is 3.57. The molecular weight excluding hydrogens is 344 g/mol. The van der Waals surface area contributed by atoms with Crippen LogP contribution in [0.15, 0.2) is 24.3 Å². The Kier molecular flexibility index (Phi) is 6.52. The Bertz CT molecular complexity index is 620.